The van der Waals surface area contributed by atoms with Crippen LogP contribution in [0.2, 0.25) is 5.02 Å². The van der Waals surface area contributed by atoms with Gasteiger partial charge in [-0.25, -0.2) is 8.42 Å². The van der Waals surface area contributed by atoms with Crippen molar-refractivity contribution in [1.29, 1.82) is 0 Å². The Labute approximate surface area is 124 Å². The van der Waals surface area contributed by atoms with Crippen LogP contribution in [0.25, 0.3) is 0 Å². The van der Waals surface area contributed by atoms with Gasteiger partial charge in [-0.1, -0.05) is 11.6 Å². The van der Waals surface area contributed by atoms with Gasteiger partial charge in [0.05, 0.1) is 18.6 Å². The third kappa shape index (κ3) is 2.38. The molecule has 5 nitrogen and oxygen atoms in total. The maximum Gasteiger partial charge on any atom is 0.240 e. The molecule has 0 fully saturated rings. The van der Waals surface area contributed by atoms with E-state index in [2.05, 4.69) is 4.98 Å². The summed E-state index contributed by atoms with van der Waals surface area (Å²) in [4.78, 5) is 3.90. The Hall–Kier alpha value is -1.67. The highest BCUT2D eigenvalue weighted by Crippen LogP contribution is 2.39. The number of hydrogen-bond acceptors (Lipinski definition) is 5. The van der Waals surface area contributed by atoms with Crippen LogP contribution in [0.3, 0.4) is 0 Å². The molecule has 2 aromatic heterocycles. The standard InChI is InChI=1S/C12H9ClF2N2O3S/c13-8-10-9(12(15)16-11(8)14)17(3-5-21(10,18)19)6-7-2-1-4-20-7/h1-2,4H,3,5-6H2. The summed E-state index contributed by atoms with van der Waals surface area (Å²) in [5, 5.41) is -0.685. The fourth-order valence-electron chi connectivity index (χ4n) is 2.23. The Morgan fingerprint density at radius 2 is 2.14 bits per heavy atom. The fraction of sp³-hybridized carbons (Fsp3) is 0.250. The van der Waals surface area contributed by atoms with Crippen molar-refractivity contribution in [1.82, 2.24) is 4.98 Å². The third-order valence-electron chi connectivity index (χ3n) is 3.17. The van der Waals surface area contributed by atoms with E-state index in [4.69, 9.17) is 16.0 Å². The summed E-state index contributed by atoms with van der Waals surface area (Å²) in [6, 6.07) is 3.32. The topological polar surface area (TPSA) is 63.4 Å². The van der Waals surface area contributed by atoms with Crippen LogP contribution in [0.4, 0.5) is 14.5 Å². The molecular weight excluding hydrogens is 326 g/mol. The summed E-state index contributed by atoms with van der Waals surface area (Å²) in [7, 11) is -3.85. The maximum atomic E-state index is 14.0. The van der Waals surface area contributed by atoms with Gasteiger partial charge < -0.3 is 9.32 Å². The van der Waals surface area contributed by atoms with Crippen LogP contribution in [0.1, 0.15) is 5.76 Å². The number of fused-ring (bicyclic) bond motifs is 1. The van der Waals surface area contributed by atoms with E-state index in [1.54, 1.807) is 12.1 Å². The van der Waals surface area contributed by atoms with E-state index >= 15 is 0 Å². The Bertz CT molecular complexity index is 793. The van der Waals surface area contributed by atoms with Crippen molar-refractivity contribution in [3.8, 4) is 0 Å². The van der Waals surface area contributed by atoms with Gasteiger partial charge in [0.15, 0.2) is 9.84 Å². The highest BCUT2D eigenvalue weighted by molar-refractivity contribution is 7.91. The number of halogens is 3. The molecule has 9 heteroatoms. The first-order valence-electron chi connectivity index (χ1n) is 5.95. The number of hydrogen-bond donors (Lipinski definition) is 0. The van der Waals surface area contributed by atoms with Crippen LogP contribution in [0.15, 0.2) is 27.7 Å². The molecule has 21 heavy (non-hydrogen) atoms. The van der Waals surface area contributed by atoms with E-state index < -0.39 is 31.7 Å². The largest absolute Gasteiger partial charge is 0.467 e. The molecule has 0 amide bonds. The number of rotatable bonds is 2. The highest BCUT2D eigenvalue weighted by atomic mass is 35.5. The van der Waals surface area contributed by atoms with Gasteiger partial charge in [0.1, 0.15) is 21.4 Å². The summed E-state index contributed by atoms with van der Waals surface area (Å²) in [5.41, 5.74) is -0.316. The molecule has 3 heterocycles. The fourth-order valence-corrected chi connectivity index (χ4v) is 4.24. The van der Waals surface area contributed by atoms with Gasteiger partial charge in [-0.05, 0) is 12.1 Å². The normalized spacial score (nSPS) is 16.8. The van der Waals surface area contributed by atoms with Gasteiger partial charge in [-0.3, -0.25) is 0 Å². The molecule has 0 bridgehead atoms. The Morgan fingerprint density at radius 3 is 2.81 bits per heavy atom. The molecule has 1 aliphatic heterocycles. The molecule has 0 unspecified atom stereocenters. The second-order valence-electron chi connectivity index (χ2n) is 4.50. The van der Waals surface area contributed by atoms with Crippen molar-refractivity contribution >= 4 is 27.1 Å². The third-order valence-corrected chi connectivity index (χ3v) is 5.37. The van der Waals surface area contributed by atoms with E-state index in [9.17, 15) is 17.2 Å². The quantitative estimate of drug-likeness (QED) is 0.789. The second kappa shape index (κ2) is 4.96. The van der Waals surface area contributed by atoms with Crippen LogP contribution < -0.4 is 4.90 Å². The highest BCUT2D eigenvalue weighted by Gasteiger charge is 2.36. The molecule has 0 atom stereocenters. The first kappa shape index (κ1) is 14.3. The Morgan fingerprint density at radius 1 is 1.38 bits per heavy atom. The van der Waals surface area contributed by atoms with Crippen LogP contribution >= 0.6 is 11.6 Å². The molecule has 0 aromatic carbocycles. The maximum absolute atomic E-state index is 14.0. The monoisotopic (exact) mass is 334 g/mol. The smallest absolute Gasteiger partial charge is 0.240 e. The number of aromatic nitrogens is 1. The van der Waals surface area contributed by atoms with Gasteiger partial charge in [0.2, 0.25) is 11.9 Å². The van der Waals surface area contributed by atoms with E-state index in [0.717, 1.165) is 0 Å². The number of furan rings is 1. The van der Waals surface area contributed by atoms with Crippen LogP contribution in [0, 0.1) is 11.9 Å². The SMILES string of the molecule is O=S1(=O)CCN(Cc2ccco2)c2c(F)nc(F)c(Cl)c21. The first-order chi connectivity index (χ1) is 9.90. The molecule has 112 valence electrons. The van der Waals surface area contributed by atoms with Crippen LogP contribution in [0.5, 0.6) is 0 Å². The zero-order valence-corrected chi connectivity index (χ0v) is 12.1. The average molecular weight is 335 g/mol. The number of pyridine rings is 1. The predicted octanol–water partition coefficient (Wildman–Crippen LogP) is 2.40. The van der Waals surface area contributed by atoms with Crippen molar-refractivity contribution in [2.75, 3.05) is 17.2 Å². The van der Waals surface area contributed by atoms with Gasteiger partial charge in [0.25, 0.3) is 0 Å². The first-order valence-corrected chi connectivity index (χ1v) is 7.98. The molecule has 2 aromatic rings. The number of anilines is 1. The Balaban J connectivity index is 2.16. The van der Waals surface area contributed by atoms with Crippen LogP contribution in [-0.4, -0.2) is 25.7 Å². The molecule has 0 N–H and O–H groups in total. The molecular formula is C12H9ClF2N2O3S. The molecule has 1 aliphatic rings. The second-order valence-corrected chi connectivity index (χ2v) is 6.93. The van der Waals surface area contributed by atoms with E-state index in [1.165, 1.54) is 11.2 Å². The minimum Gasteiger partial charge on any atom is -0.467 e. The van der Waals surface area contributed by atoms with E-state index in [-0.39, 0.29) is 24.5 Å². The van der Waals surface area contributed by atoms with Gasteiger partial charge in [-0.2, -0.15) is 13.8 Å². The summed E-state index contributed by atoms with van der Waals surface area (Å²) < 4.78 is 56.7. The number of nitrogens with zero attached hydrogens (tertiary/aromatic N) is 2. The molecule has 0 spiro atoms. The molecule has 3 rings (SSSR count). The lowest BCUT2D eigenvalue weighted by Crippen LogP contribution is -2.36. The zero-order chi connectivity index (χ0) is 15.2. The van der Waals surface area contributed by atoms with Crippen molar-refractivity contribution in [2.24, 2.45) is 0 Å². The molecule has 0 saturated heterocycles. The summed E-state index contributed by atoms with van der Waals surface area (Å²) in [5.74, 6) is -2.32. The summed E-state index contributed by atoms with van der Waals surface area (Å²) >= 11 is 5.68. The van der Waals surface area contributed by atoms with Crippen molar-refractivity contribution in [3.63, 3.8) is 0 Å². The van der Waals surface area contributed by atoms with Crippen molar-refractivity contribution < 1.29 is 21.6 Å². The summed E-state index contributed by atoms with van der Waals surface area (Å²) in [6.45, 7) is 0.173. The average Bonchev–Trinajstić information content (AvgIpc) is 2.90. The lowest BCUT2D eigenvalue weighted by molar-refractivity contribution is 0.482. The minimum atomic E-state index is -3.85. The Kier molecular flexibility index (Phi) is 3.37. The lowest BCUT2D eigenvalue weighted by atomic mass is 10.3. The van der Waals surface area contributed by atoms with Crippen molar-refractivity contribution in [3.05, 3.63) is 41.1 Å². The van der Waals surface area contributed by atoms with Gasteiger partial charge in [-0.15, -0.1) is 0 Å². The molecule has 0 aliphatic carbocycles. The van der Waals surface area contributed by atoms with Crippen LogP contribution in [-0.2, 0) is 16.4 Å². The van der Waals surface area contributed by atoms with Gasteiger partial charge >= 0.3 is 0 Å². The minimum absolute atomic E-state index is 0.0383. The zero-order valence-electron chi connectivity index (χ0n) is 10.5. The molecule has 0 saturated carbocycles. The lowest BCUT2D eigenvalue weighted by Gasteiger charge is -2.30. The summed E-state index contributed by atoms with van der Waals surface area (Å²) in [6.07, 6.45) is 1.45. The number of sulfone groups is 1. The van der Waals surface area contributed by atoms with E-state index in [0.29, 0.717) is 5.76 Å². The molecule has 0 radical (unpaired) electrons. The van der Waals surface area contributed by atoms with E-state index in [1.807, 2.05) is 0 Å². The van der Waals surface area contributed by atoms with Crippen molar-refractivity contribution in [2.45, 2.75) is 11.4 Å². The predicted molar refractivity (Wildman–Crippen MR) is 71.0 cm³/mol. The van der Waals surface area contributed by atoms with Gasteiger partial charge in [0, 0.05) is 6.54 Å².